The Morgan fingerprint density at radius 3 is 2.17 bits per heavy atom. The van der Waals surface area contributed by atoms with Gasteiger partial charge in [0.2, 0.25) is 6.79 Å². The van der Waals surface area contributed by atoms with Crippen LogP contribution in [0.25, 0.3) is 0 Å². The fourth-order valence-corrected chi connectivity index (χ4v) is 6.33. The number of methoxy groups -OCH3 is 1. The number of urea groups is 1. The molecule has 4 rings (SSSR count). The zero-order valence-corrected chi connectivity index (χ0v) is 24.7. The number of fused-ring (bicyclic) bond motifs is 1. The molecule has 0 saturated carbocycles. The summed E-state index contributed by atoms with van der Waals surface area (Å²) in [6.07, 6.45) is 3.91. The second-order valence-electron chi connectivity index (χ2n) is 10.7. The lowest BCUT2D eigenvalue weighted by Crippen LogP contribution is -2.59. The Morgan fingerprint density at radius 1 is 0.925 bits per heavy atom. The number of amides is 2. The highest BCUT2D eigenvalue weighted by molar-refractivity contribution is 5.77. The molecule has 2 amide bonds. The van der Waals surface area contributed by atoms with E-state index in [1.807, 2.05) is 54.3 Å². The van der Waals surface area contributed by atoms with Crippen LogP contribution in [0.15, 0.2) is 42.5 Å². The number of hydrogen-bond donors (Lipinski definition) is 0. The van der Waals surface area contributed by atoms with Crippen LogP contribution in [0.3, 0.4) is 0 Å². The smallest absolute Gasteiger partial charge is 0.419 e. The molecule has 2 aromatic carbocycles. The standard InChI is InChI=1S/C32H45N2O6/c1-6-10-18-33(19-11-7-2)32(36)34(8-3)21-26(24-14-17-27-28(20-24)40-22-39-27)29(31(35)38-9-4)30(34)23-12-15-25(37-5)16-13-23/h12-17,20,26,29-30H,6-11,18-19,21-22H2,1-5H3/q+1/t26?,29?,30-,34-/m1/s1. The minimum Gasteiger partial charge on any atom is -0.497 e. The molecule has 0 N–H and O–H groups in total. The highest BCUT2D eigenvalue weighted by Crippen LogP contribution is 2.53. The Morgan fingerprint density at radius 2 is 1.57 bits per heavy atom. The number of nitrogens with zero attached hydrogens (tertiary/aromatic N) is 2. The van der Waals surface area contributed by atoms with Gasteiger partial charge in [-0.1, -0.05) is 32.8 Å². The molecule has 218 valence electrons. The zero-order valence-electron chi connectivity index (χ0n) is 24.7. The van der Waals surface area contributed by atoms with E-state index in [4.69, 9.17) is 18.9 Å². The normalized spacial score (nSPS) is 23.2. The Balaban J connectivity index is 1.88. The first-order chi connectivity index (χ1) is 19.4. The second kappa shape index (κ2) is 13.4. The third kappa shape index (κ3) is 5.78. The van der Waals surface area contributed by atoms with E-state index in [1.54, 1.807) is 7.11 Å². The number of hydrogen-bond acceptors (Lipinski definition) is 6. The van der Waals surface area contributed by atoms with E-state index in [9.17, 15) is 9.59 Å². The van der Waals surface area contributed by atoms with Crippen LogP contribution in [0.2, 0.25) is 0 Å². The molecule has 0 spiro atoms. The first-order valence-electron chi connectivity index (χ1n) is 14.8. The Bertz CT molecular complexity index is 1140. The summed E-state index contributed by atoms with van der Waals surface area (Å²) < 4.78 is 22.6. The molecule has 4 atom stereocenters. The van der Waals surface area contributed by atoms with Crippen molar-refractivity contribution in [3.05, 3.63) is 53.6 Å². The highest BCUT2D eigenvalue weighted by atomic mass is 16.7. The van der Waals surface area contributed by atoms with Crippen molar-refractivity contribution in [3.8, 4) is 17.2 Å². The van der Waals surface area contributed by atoms with Crippen LogP contribution in [0, 0.1) is 5.92 Å². The van der Waals surface area contributed by atoms with E-state index < -0.39 is 12.0 Å². The summed E-state index contributed by atoms with van der Waals surface area (Å²) in [5.41, 5.74) is 1.89. The third-order valence-corrected chi connectivity index (χ3v) is 8.45. The first kappa shape index (κ1) is 29.7. The molecule has 8 heteroatoms. The average molecular weight is 554 g/mol. The van der Waals surface area contributed by atoms with Crippen molar-refractivity contribution in [2.45, 2.75) is 65.3 Å². The number of esters is 1. The van der Waals surface area contributed by atoms with E-state index in [0.29, 0.717) is 37.7 Å². The lowest BCUT2D eigenvalue weighted by atomic mass is 9.82. The molecule has 2 heterocycles. The van der Waals surface area contributed by atoms with Gasteiger partial charge in [-0.05, 0) is 68.7 Å². The molecular weight excluding hydrogens is 508 g/mol. The third-order valence-electron chi connectivity index (χ3n) is 8.45. The van der Waals surface area contributed by atoms with Gasteiger partial charge in [-0.3, -0.25) is 9.69 Å². The number of unbranched alkanes of at least 4 members (excludes halogenated alkanes) is 2. The fourth-order valence-electron chi connectivity index (χ4n) is 6.33. The summed E-state index contributed by atoms with van der Waals surface area (Å²) in [4.78, 5) is 30.7. The molecule has 1 saturated heterocycles. The topological polar surface area (TPSA) is 74.3 Å². The summed E-state index contributed by atoms with van der Waals surface area (Å²) in [5.74, 6) is 1.01. The lowest BCUT2D eigenvalue weighted by molar-refractivity contribution is -0.872. The minimum absolute atomic E-state index is 0.0859. The Kier molecular flexibility index (Phi) is 9.95. The molecule has 2 aliphatic heterocycles. The maximum Gasteiger partial charge on any atom is 0.419 e. The van der Waals surface area contributed by atoms with Crippen LogP contribution in [-0.2, 0) is 9.53 Å². The van der Waals surface area contributed by atoms with Gasteiger partial charge < -0.3 is 18.9 Å². The molecule has 2 aromatic rings. The maximum absolute atomic E-state index is 14.8. The predicted octanol–water partition coefficient (Wildman–Crippen LogP) is 6.30. The highest BCUT2D eigenvalue weighted by Gasteiger charge is 2.62. The van der Waals surface area contributed by atoms with Gasteiger partial charge in [-0.15, -0.1) is 0 Å². The van der Waals surface area contributed by atoms with Crippen molar-refractivity contribution in [3.63, 3.8) is 0 Å². The number of benzene rings is 2. The van der Waals surface area contributed by atoms with Crippen molar-refractivity contribution >= 4 is 12.0 Å². The van der Waals surface area contributed by atoms with E-state index in [-0.39, 0.29) is 35.8 Å². The molecule has 8 nitrogen and oxygen atoms in total. The van der Waals surface area contributed by atoms with E-state index in [0.717, 1.165) is 42.6 Å². The molecule has 40 heavy (non-hydrogen) atoms. The maximum atomic E-state index is 14.8. The average Bonchev–Trinajstić information content (AvgIpc) is 3.60. The molecule has 2 aliphatic rings. The van der Waals surface area contributed by atoms with Crippen molar-refractivity contribution < 1.29 is 33.0 Å². The Hall–Kier alpha value is -3.26. The largest absolute Gasteiger partial charge is 0.497 e. The number of likely N-dealkylation sites (N-methyl/N-ethyl adjacent to an activating group) is 1. The van der Waals surface area contributed by atoms with E-state index in [1.165, 1.54) is 0 Å². The van der Waals surface area contributed by atoms with Crippen LogP contribution in [0.5, 0.6) is 17.2 Å². The van der Waals surface area contributed by atoms with Gasteiger partial charge in [0.25, 0.3) is 0 Å². The van der Waals surface area contributed by atoms with Gasteiger partial charge >= 0.3 is 12.0 Å². The molecule has 0 radical (unpaired) electrons. The van der Waals surface area contributed by atoms with Crippen molar-refractivity contribution in [1.29, 1.82) is 0 Å². The monoisotopic (exact) mass is 553 g/mol. The second-order valence-corrected chi connectivity index (χ2v) is 10.7. The van der Waals surface area contributed by atoms with Crippen molar-refractivity contribution in [1.82, 2.24) is 4.90 Å². The van der Waals surface area contributed by atoms with Crippen LogP contribution in [-0.4, -0.2) is 68.1 Å². The number of ether oxygens (including phenoxy) is 4. The fraction of sp³-hybridized carbons (Fsp3) is 0.562. The van der Waals surface area contributed by atoms with E-state index >= 15 is 0 Å². The number of likely N-dealkylation sites (tertiary alicyclic amines) is 1. The summed E-state index contributed by atoms with van der Waals surface area (Å²) in [6.45, 7) is 11.1. The first-order valence-corrected chi connectivity index (χ1v) is 14.8. The number of rotatable bonds is 12. The summed E-state index contributed by atoms with van der Waals surface area (Å²) in [6, 6.07) is 13.4. The molecular formula is C32H45N2O6+. The number of carbonyl (C=O) groups excluding carboxylic acids is 2. The minimum atomic E-state index is -0.559. The molecule has 0 bridgehead atoms. The van der Waals surface area contributed by atoms with Gasteiger partial charge in [0.05, 0.1) is 32.7 Å². The SMILES string of the molecule is CCCCN(CCCC)C(=O)[N@+]1(CC)CC(c2ccc3c(c2)OCO3)C(C(=O)OCC)[C@H]1c1ccc(OC)cc1. The number of quaternary nitrogens is 1. The van der Waals surface area contributed by atoms with Crippen molar-refractivity contribution in [2.24, 2.45) is 5.92 Å². The summed E-state index contributed by atoms with van der Waals surface area (Å²) in [7, 11) is 1.64. The molecule has 1 fully saturated rings. The zero-order chi connectivity index (χ0) is 28.7. The summed E-state index contributed by atoms with van der Waals surface area (Å²) in [5, 5.41) is 0. The Labute approximate surface area is 238 Å². The number of carbonyl (C=O) groups is 2. The molecule has 2 unspecified atom stereocenters. The van der Waals surface area contributed by atoms with Gasteiger partial charge in [0, 0.05) is 18.7 Å². The van der Waals surface area contributed by atoms with Crippen LogP contribution < -0.4 is 14.2 Å². The molecule has 0 aromatic heterocycles. The van der Waals surface area contributed by atoms with Gasteiger partial charge in [0.15, 0.2) is 11.5 Å². The van der Waals surface area contributed by atoms with Crippen LogP contribution in [0.4, 0.5) is 4.79 Å². The summed E-state index contributed by atoms with van der Waals surface area (Å²) >= 11 is 0. The van der Waals surface area contributed by atoms with Crippen LogP contribution >= 0.6 is 0 Å². The lowest BCUT2D eigenvalue weighted by Gasteiger charge is -2.41. The molecule has 0 aliphatic carbocycles. The van der Waals surface area contributed by atoms with Crippen molar-refractivity contribution in [2.75, 3.05) is 46.7 Å². The van der Waals surface area contributed by atoms with E-state index in [2.05, 4.69) is 20.8 Å². The van der Waals surface area contributed by atoms with Gasteiger partial charge in [-0.25, -0.2) is 9.28 Å². The van der Waals surface area contributed by atoms with Gasteiger partial charge in [-0.2, -0.15) is 0 Å². The van der Waals surface area contributed by atoms with Gasteiger partial charge in [0.1, 0.15) is 17.7 Å². The van der Waals surface area contributed by atoms with Crippen LogP contribution in [0.1, 0.15) is 76.5 Å². The quantitative estimate of drug-likeness (QED) is 0.227. The predicted molar refractivity (Wildman–Crippen MR) is 154 cm³/mol.